The minimum Gasteiger partial charge on any atom is -0.378 e. The Balaban J connectivity index is 1.89. The van der Waals surface area contributed by atoms with Crippen molar-refractivity contribution < 1.29 is 13.5 Å². The lowest BCUT2D eigenvalue weighted by Crippen LogP contribution is -2.40. The predicted octanol–water partition coefficient (Wildman–Crippen LogP) is 1.76. The van der Waals surface area contributed by atoms with Crippen LogP contribution in [0, 0.1) is 0 Å². The molecular formula is C14H15N3O3S3. The molecule has 0 saturated carbocycles. The van der Waals surface area contributed by atoms with Crippen LogP contribution in [0.5, 0.6) is 0 Å². The second-order valence-corrected chi connectivity index (χ2v) is 8.52. The molecule has 0 fully saturated rings. The fraction of sp³-hybridized carbons (Fsp3) is 0.214. The number of rotatable bonds is 6. The minimum absolute atomic E-state index is 0.0684. The van der Waals surface area contributed by atoms with Gasteiger partial charge >= 0.3 is 0 Å². The van der Waals surface area contributed by atoms with Gasteiger partial charge in [0.1, 0.15) is 10.5 Å². The summed E-state index contributed by atoms with van der Waals surface area (Å²) in [5.41, 5.74) is -0.734. The molecule has 0 radical (unpaired) electrons. The molecule has 0 bridgehead atoms. The molecule has 0 saturated heterocycles. The highest BCUT2D eigenvalue weighted by Gasteiger charge is 2.35. The van der Waals surface area contributed by atoms with Crippen molar-refractivity contribution in [2.45, 2.75) is 10.5 Å². The molecular weight excluding hydrogens is 354 g/mol. The molecule has 3 aromatic heterocycles. The highest BCUT2D eigenvalue weighted by Crippen LogP contribution is 2.33. The first kappa shape index (κ1) is 16.3. The number of aliphatic hydroxyl groups is 1. The normalized spacial score (nSPS) is 14.7. The van der Waals surface area contributed by atoms with E-state index in [2.05, 4.69) is 9.82 Å². The lowest BCUT2D eigenvalue weighted by Gasteiger charge is -2.26. The Morgan fingerprint density at radius 3 is 2.78 bits per heavy atom. The number of nitrogens with one attached hydrogen (secondary N) is 1. The smallest absolute Gasteiger partial charge is 0.243 e. The summed E-state index contributed by atoms with van der Waals surface area (Å²) in [6, 6.07) is 5.41. The fourth-order valence-corrected chi connectivity index (χ4v) is 4.78. The van der Waals surface area contributed by atoms with Crippen LogP contribution < -0.4 is 4.72 Å². The van der Waals surface area contributed by atoms with Crippen LogP contribution in [0.25, 0.3) is 0 Å². The maximum atomic E-state index is 12.4. The number of sulfonamides is 1. The third-order valence-corrected chi connectivity index (χ3v) is 6.50. The van der Waals surface area contributed by atoms with Crippen molar-refractivity contribution in [3.8, 4) is 0 Å². The van der Waals surface area contributed by atoms with Crippen molar-refractivity contribution in [1.82, 2.24) is 14.5 Å². The van der Waals surface area contributed by atoms with Crippen LogP contribution in [0.15, 0.2) is 51.6 Å². The zero-order valence-electron chi connectivity index (χ0n) is 12.2. The van der Waals surface area contributed by atoms with Crippen LogP contribution in [-0.2, 0) is 22.7 Å². The van der Waals surface area contributed by atoms with E-state index in [1.165, 1.54) is 39.7 Å². The predicted molar refractivity (Wildman–Crippen MR) is 90.0 cm³/mol. The van der Waals surface area contributed by atoms with Gasteiger partial charge in [-0.3, -0.25) is 4.68 Å². The third kappa shape index (κ3) is 3.24. The minimum atomic E-state index is -3.74. The lowest BCUT2D eigenvalue weighted by atomic mass is 9.95. The number of nitrogens with zero attached hydrogens (tertiary/aromatic N) is 2. The van der Waals surface area contributed by atoms with E-state index in [9.17, 15) is 13.5 Å². The van der Waals surface area contributed by atoms with Crippen molar-refractivity contribution in [2.24, 2.45) is 7.05 Å². The maximum absolute atomic E-state index is 12.4. The number of aromatic nitrogens is 2. The van der Waals surface area contributed by atoms with E-state index in [1.807, 2.05) is 22.2 Å². The molecule has 9 heteroatoms. The van der Waals surface area contributed by atoms with Gasteiger partial charge in [-0.25, -0.2) is 13.1 Å². The lowest BCUT2D eigenvalue weighted by molar-refractivity contribution is 0.0903. The molecule has 0 spiro atoms. The van der Waals surface area contributed by atoms with Crippen LogP contribution >= 0.6 is 22.7 Å². The Kier molecular flexibility index (Phi) is 4.39. The number of thiophene rings is 2. The molecule has 3 heterocycles. The van der Waals surface area contributed by atoms with Gasteiger partial charge in [-0.2, -0.15) is 16.4 Å². The molecule has 0 amide bonds. The number of hydrogen-bond donors (Lipinski definition) is 2. The Bertz CT molecular complexity index is 833. The summed E-state index contributed by atoms with van der Waals surface area (Å²) in [6.07, 6.45) is 2.69. The van der Waals surface area contributed by atoms with Gasteiger partial charge in [0.05, 0.1) is 6.20 Å². The quantitative estimate of drug-likeness (QED) is 0.693. The highest BCUT2D eigenvalue weighted by atomic mass is 32.2. The second kappa shape index (κ2) is 6.17. The van der Waals surface area contributed by atoms with Gasteiger partial charge < -0.3 is 5.11 Å². The topological polar surface area (TPSA) is 84.2 Å². The summed E-state index contributed by atoms with van der Waals surface area (Å²) in [4.78, 5) is 0.753. The number of hydrogen-bond acceptors (Lipinski definition) is 6. The van der Waals surface area contributed by atoms with Gasteiger partial charge in [0.2, 0.25) is 10.0 Å². The van der Waals surface area contributed by atoms with Crippen molar-refractivity contribution in [3.63, 3.8) is 0 Å². The molecule has 2 N–H and O–H groups in total. The zero-order chi connectivity index (χ0) is 16.5. The summed E-state index contributed by atoms with van der Waals surface area (Å²) >= 11 is 2.83. The molecule has 122 valence electrons. The summed E-state index contributed by atoms with van der Waals surface area (Å²) in [7, 11) is -2.09. The summed E-state index contributed by atoms with van der Waals surface area (Å²) in [6.45, 7) is -0.151. The SMILES string of the molecule is Cn1cc(S(=O)(=O)NC[C@](O)(c2ccsc2)c2cccs2)cn1. The maximum Gasteiger partial charge on any atom is 0.243 e. The van der Waals surface area contributed by atoms with E-state index in [4.69, 9.17) is 0 Å². The van der Waals surface area contributed by atoms with Gasteiger partial charge in [0, 0.05) is 30.2 Å². The molecule has 23 heavy (non-hydrogen) atoms. The molecule has 0 aromatic carbocycles. The van der Waals surface area contributed by atoms with E-state index in [1.54, 1.807) is 19.2 Å². The van der Waals surface area contributed by atoms with Crippen LogP contribution in [0.3, 0.4) is 0 Å². The molecule has 0 unspecified atom stereocenters. The Morgan fingerprint density at radius 1 is 1.39 bits per heavy atom. The molecule has 0 aliphatic rings. The zero-order valence-corrected chi connectivity index (χ0v) is 14.7. The van der Waals surface area contributed by atoms with Crippen molar-refractivity contribution in [2.75, 3.05) is 6.54 Å². The highest BCUT2D eigenvalue weighted by molar-refractivity contribution is 7.89. The molecule has 3 aromatic rings. The van der Waals surface area contributed by atoms with Crippen LogP contribution in [0.4, 0.5) is 0 Å². The first-order valence-electron chi connectivity index (χ1n) is 6.69. The second-order valence-electron chi connectivity index (χ2n) is 5.02. The Morgan fingerprint density at radius 2 is 2.22 bits per heavy atom. The van der Waals surface area contributed by atoms with Gasteiger partial charge in [-0.05, 0) is 28.3 Å². The Hall–Kier alpha value is -1.52. The van der Waals surface area contributed by atoms with Crippen molar-refractivity contribution in [1.29, 1.82) is 0 Å². The van der Waals surface area contributed by atoms with Crippen LogP contribution in [-0.4, -0.2) is 29.8 Å². The van der Waals surface area contributed by atoms with E-state index < -0.39 is 15.6 Å². The average Bonchev–Trinajstić information content (AvgIpc) is 3.25. The van der Waals surface area contributed by atoms with E-state index in [0.717, 1.165) is 0 Å². The van der Waals surface area contributed by atoms with Gasteiger partial charge in [-0.15, -0.1) is 11.3 Å². The van der Waals surface area contributed by atoms with Gasteiger partial charge in [0.25, 0.3) is 0 Å². The van der Waals surface area contributed by atoms with Gasteiger partial charge in [-0.1, -0.05) is 6.07 Å². The summed E-state index contributed by atoms with van der Waals surface area (Å²) in [5, 5.41) is 20.5. The van der Waals surface area contributed by atoms with Crippen molar-refractivity contribution in [3.05, 3.63) is 57.2 Å². The number of aryl methyl sites for hydroxylation is 1. The standard InChI is InChI=1S/C14H15N3O3S3/c1-17-8-12(7-15-17)23(19,20)16-10-14(18,11-4-6-21-9-11)13-3-2-5-22-13/h2-9,16,18H,10H2,1H3/t14-/m0/s1. The summed E-state index contributed by atoms with van der Waals surface area (Å²) < 4.78 is 28.6. The molecule has 0 aliphatic heterocycles. The fourth-order valence-electron chi connectivity index (χ4n) is 2.17. The molecule has 1 atom stereocenters. The Labute approximate surface area is 142 Å². The first-order chi connectivity index (χ1) is 10.9. The van der Waals surface area contributed by atoms with Crippen molar-refractivity contribution >= 4 is 32.7 Å². The largest absolute Gasteiger partial charge is 0.378 e. The van der Waals surface area contributed by atoms with Gasteiger partial charge in [0.15, 0.2) is 0 Å². The average molecular weight is 369 g/mol. The third-order valence-electron chi connectivity index (χ3n) is 3.44. The molecule has 0 aliphatic carbocycles. The first-order valence-corrected chi connectivity index (χ1v) is 10.00. The van der Waals surface area contributed by atoms with E-state index >= 15 is 0 Å². The van der Waals surface area contributed by atoms with E-state index in [0.29, 0.717) is 10.4 Å². The summed E-state index contributed by atoms with van der Waals surface area (Å²) in [5.74, 6) is 0. The molecule has 3 rings (SSSR count). The van der Waals surface area contributed by atoms with Crippen LogP contribution in [0.2, 0.25) is 0 Å². The molecule has 6 nitrogen and oxygen atoms in total. The van der Waals surface area contributed by atoms with E-state index in [-0.39, 0.29) is 11.4 Å². The monoisotopic (exact) mass is 369 g/mol. The van der Waals surface area contributed by atoms with Crippen LogP contribution in [0.1, 0.15) is 10.4 Å².